The summed E-state index contributed by atoms with van der Waals surface area (Å²) in [6, 6.07) is 3.85. The Labute approximate surface area is 200 Å². The smallest absolute Gasteiger partial charge is 0.200 e. The number of hydroxylamine groups is 6. The predicted octanol–water partition coefficient (Wildman–Crippen LogP) is 2.06. The minimum Gasteiger partial charge on any atom is -0.507 e. The van der Waals surface area contributed by atoms with E-state index in [4.69, 9.17) is 0 Å². The second-order valence-corrected chi connectivity index (χ2v) is 9.64. The van der Waals surface area contributed by atoms with Gasteiger partial charge in [0.1, 0.15) is 45.0 Å². The van der Waals surface area contributed by atoms with Gasteiger partial charge < -0.3 is 20.8 Å². The number of hydrogen-bond donors (Lipinski definition) is 6. The molecule has 2 aromatic carbocycles. The van der Waals surface area contributed by atoms with Gasteiger partial charge in [0.05, 0.1) is 48.2 Å². The van der Waals surface area contributed by atoms with Crippen molar-refractivity contribution in [2.24, 2.45) is 0 Å². The van der Waals surface area contributed by atoms with Crippen LogP contribution in [-0.2, 0) is 0 Å². The number of quaternary nitrogens is 2. The van der Waals surface area contributed by atoms with Gasteiger partial charge in [-0.25, -0.2) is 14.8 Å². The molecular weight excluding hydrogens is 459 g/mol. The van der Waals surface area contributed by atoms with Crippen molar-refractivity contribution in [3.05, 3.63) is 46.3 Å². The third kappa shape index (κ3) is 4.00. The van der Waals surface area contributed by atoms with Crippen LogP contribution in [0, 0.1) is 5.82 Å². The molecule has 0 saturated carbocycles. The van der Waals surface area contributed by atoms with Crippen molar-refractivity contribution >= 4 is 22.9 Å². The molecule has 186 valence electrons. The average molecular weight is 489 g/mol. The van der Waals surface area contributed by atoms with Crippen LogP contribution >= 0.6 is 0 Å². The maximum atomic E-state index is 14.2. The first-order chi connectivity index (χ1) is 16.6. The molecule has 0 radical (unpaired) electrons. The Morgan fingerprint density at radius 3 is 1.66 bits per heavy atom. The van der Waals surface area contributed by atoms with E-state index in [1.807, 2.05) is 0 Å². The van der Waals surface area contributed by atoms with Crippen molar-refractivity contribution in [2.45, 2.75) is 12.8 Å². The van der Waals surface area contributed by atoms with E-state index in [2.05, 4.69) is 10.6 Å². The van der Waals surface area contributed by atoms with Crippen LogP contribution in [-0.4, -0.2) is 93.8 Å². The number of phenols is 2. The number of halogens is 1. The predicted molar refractivity (Wildman–Crippen MR) is 123 cm³/mol. The van der Waals surface area contributed by atoms with Gasteiger partial charge in [-0.2, -0.15) is 9.29 Å². The zero-order valence-electron chi connectivity index (χ0n) is 19.2. The summed E-state index contributed by atoms with van der Waals surface area (Å²) in [5.41, 5.74) is -0.433. The highest BCUT2D eigenvalue weighted by atomic mass is 19.1. The summed E-state index contributed by atoms with van der Waals surface area (Å²) >= 11 is 0. The Balaban J connectivity index is 1.51. The van der Waals surface area contributed by atoms with E-state index in [-0.39, 0.29) is 20.4 Å². The molecule has 1 aliphatic carbocycles. The highest BCUT2D eigenvalue weighted by Crippen LogP contribution is 2.43. The Hall–Kier alpha value is -3.25. The number of nitrogens with zero attached hydrogens (tertiary/aromatic N) is 2. The maximum absolute atomic E-state index is 14.2. The lowest BCUT2D eigenvalue weighted by molar-refractivity contribution is -1.13. The van der Waals surface area contributed by atoms with Crippen LogP contribution in [0.2, 0.25) is 0 Å². The molecule has 0 unspecified atom stereocenters. The first-order valence-electron chi connectivity index (χ1n) is 11.8. The number of rotatable bonds is 8. The number of carbonyl (C=O) groups is 2. The number of anilines is 2. The zero-order chi connectivity index (χ0) is 25.0. The molecule has 5 rings (SSSR count). The second kappa shape index (κ2) is 8.45. The van der Waals surface area contributed by atoms with Gasteiger partial charge >= 0.3 is 0 Å². The molecule has 2 aliphatic heterocycles. The van der Waals surface area contributed by atoms with Crippen LogP contribution in [0.3, 0.4) is 0 Å². The lowest BCUT2D eigenvalue weighted by Crippen LogP contribution is -2.57. The quantitative estimate of drug-likeness (QED) is 0.209. The standard InChI is InChI=1S/C24H27FN4O6/c25-14-13-17(30)20-21(22(14)31)24(33)19-16(27-6-12-29(35)9-2-10-29)4-3-15(18(19)23(20)32)26-5-11-28(34)7-1-8-28/h3-4,13,34-35H,1-2,5-12H2,(H2-2,26,27,30,31,32,33)/p+2. The van der Waals surface area contributed by atoms with Crippen molar-refractivity contribution in [3.63, 3.8) is 0 Å². The van der Waals surface area contributed by atoms with Crippen molar-refractivity contribution in [3.8, 4) is 11.5 Å². The molecule has 0 aromatic heterocycles. The van der Waals surface area contributed by atoms with E-state index in [0.717, 1.165) is 12.8 Å². The molecule has 0 amide bonds. The van der Waals surface area contributed by atoms with E-state index in [1.165, 1.54) is 0 Å². The molecule has 6 N–H and O–H groups in total. The number of likely N-dealkylation sites (tertiary alicyclic amines) is 2. The van der Waals surface area contributed by atoms with E-state index in [1.54, 1.807) is 12.1 Å². The van der Waals surface area contributed by atoms with Gasteiger partial charge in [0.2, 0.25) is 11.6 Å². The van der Waals surface area contributed by atoms with Crippen molar-refractivity contribution in [1.82, 2.24) is 0 Å². The molecule has 35 heavy (non-hydrogen) atoms. The Kier molecular flexibility index (Phi) is 5.67. The van der Waals surface area contributed by atoms with Crippen LogP contribution in [0.4, 0.5) is 15.8 Å². The first-order valence-corrected chi connectivity index (χ1v) is 11.8. The molecule has 0 bridgehead atoms. The minimum atomic E-state index is -1.20. The van der Waals surface area contributed by atoms with E-state index in [9.17, 15) is 34.6 Å². The summed E-state index contributed by atoms with van der Waals surface area (Å²) < 4.78 is 14.0. The van der Waals surface area contributed by atoms with Crippen LogP contribution in [0.25, 0.3) is 0 Å². The topological polar surface area (TPSA) is 139 Å². The molecular formula is C24H29FN4O6+2. The summed E-state index contributed by atoms with van der Waals surface area (Å²) in [5, 5.41) is 47.4. The maximum Gasteiger partial charge on any atom is 0.200 e. The second-order valence-electron chi connectivity index (χ2n) is 9.64. The molecule has 2 heterocycles. The number of benzene rings is 2. The van der Waals surface area contributed by atoms with Crippen LogP contribution in [0.5, 0.6) is 11.5 Å². The summed E-state index contributed by atoms with van der Waals surface area (Å²) in [6.45, 7) is 4.03. The molecule has 0 spiro atoms. The van der Waals surface area contributed by atoms with E-state index >= 15 is 0 Å². The Morgan fingerprint density at radius 2 is 1.23 bits per heavy atom. The Morgan fingerprint density at radius 1 is 0.771 bits per heavy atom. The lowest BCUT2D eigenvalue weighted by Gasteiger charge is -2.37. The average Bonchev–Trinajstić information content (AvgIpc) is 2.77. The van der Waals surface area contributed by atoms with Gasteiger partial charge in [-0.1, -0.05) is 0 Å². The fraction of sp³-hybridized carbons (Fsp3) is 0.417. The normalized spacial score (nSPS) is 19.3. The fourth-order valence-corrected chi connectivity index (χ4v) is 4.99. The number of ketones is 2. The van der Waals surface area contributed by atoms with Gasteiger partial charge in [-0.15, -0.1) is 0 Å². The van der Waals surface area contributed by atoms with Crippen LogP contribution in [0.15, 0.2) is 18.2 Å². The molecule has 0 atom stereocenters. The number of aromatic hydroxyl groups is 2. The van der Waals surface area contributed by atoms with Gasteiger partial charge in [-0.05, 0) is 12.1 Å². The van der Waals surface area contributed by atoms with Crippen LogP contribution < -0.4 is 10.6 Å². The van der Waals surface area contributed by atoms with Crippen molar-refractivity contribution in [2.75, 3.05) is 63.0 Å². The monoisotopic (exact) mass is 488 g/mol. The van der Waals surface area contributed by atoms with Crippen molar-refractivity contribution in [1.29, 1.82) is 0 Å². The number of phenolic OH excluding ortho intramolecular Hbond substituents is 2. The Bertz CT molecular complexity index is 1230. The first kappa shape index (κ1) is 23.5. The van der Waals surface area contributed by atoms with Crippen molar-refractivity contribution < 1.29 is 43.9 Å². The SMILES string of the molecule is O=C1c2c(O)cc(F)c(O)c2C(=O)c2c(NCC[N+]3(O)CCC3)ccc(NCC[N+]3(O)CCC3)c21. The minimum absolute atomic E-state index is 0.00115. The number of fused-ring (bicyclic) bond motifs is 2. The molecule has 3 aliphatic rings. The third-order valence-electron chi connectivity index (χ3n) is 7.33. The van der Waals surface area contributed by atoms with Gasteiger partial charge in [-0.3, -0.25) is 9.59 Å². The van der Waals surface area contributed by atoms with Gasteiger partial charge in [0.25, 0.3) is 0 Å². The van der Waals surface area contributed by atoms with E-state index in [0.29, 0.717) is 69.8 Å². The number of nitrogens with one attached hydrogen (secondary N) is 2. The number of hydrogen-bond acceptors (Lipinski definition) is 8. The molecule has 2 fully saturated rings. The fourth-order valence-electron chi connectivity index (χ4n) is 4.99. The zero-order valence-corrected chi connectivity index (χ0v) is 19.2. The van der Waals surface area contributed by atoms with E-state index < -0.39 is 40.0 Å². The largest absolute Gasteiger partial charge is 0.507 e. The molecule has 2 aromatic rings. The highest BCUT2D eigenvalue weighted by Gasteiger charge is 2.40. The molecule has 2 saturated heterocycles. The number of carbonyl (C=O) groups excluding carboxylic acids is 2. The summed E-state index contributed by atoms with van der Waals surface area (Å²) in [5.74, 6) is -4.44. The molecule has 11 heteroatoms. The summed E-state index contributed by atoms with van der Waals surface area (Å²) in [6.07, 6.45) is 1.86. The third-order valence-corrected chi connectivity index (χ3v) is 7.33. The lowest BCUT2D eigenvalue weighted by atomic mass is 9.81. The highest BCUT2D eigenvalue weighted by molar-refractivity contribution is 6.33. The summed E-state index contributed by atoms with van der Waals surface area (Å²) in [4.78, 5) is 27.0. The van der Waals surface area contributed by atoms with Crippen LogP contribution in [0.1, 0.15) is 44.7 Å². The van der Waals surface area contributed by atoms with Gasteiger partial charge in [0.15, 0.2) is 11.6 Å². The van der Waals surface area contributed by atoms with Gasteiger partial charge in [0, 0.05) is 17.4 Å². The summed E-state index contributed by atoms with van der Waals surface area (Å²) in [7, 11) is 0. The molecule has 10 nitrogen and oxygen atoms in total.